The number of likely N-dealkylation sites (tertiary alicyclic amines) is 1. The van der Waals surface area contributed by atoms with Gasteiger partial charge in [0.1, 0.15) is 5.41 Å². The van der Waals surface area contributed by atoms with Gasteiger partial charge < -0.3 is 15.5 Å². The van der Waals surface area contributed by atoms with Crippen LogP contribution in [0.3, 0.4) is 0 Å². The fraction of sp³-hybridized carbons (Fsp3) is 0.550. The summed E-state index contributed by atoms with van der Waals surface area (Å²) in [6, 6.07) is 7.11. The van der Waals surface area contributed by atoms with E-state index in [-0.39, 0.29) is 23.8 Å². The smallest absolute Gasteiger partial charge is 0.239 e. The van der Waals surface area contributed by atoms with Crippen molar-refractivity contribution in [3.63, 3.8) is 0 Å². The van der Waals surface area contributed by atoms with Crippen molar-refractivity contribution in [2.75, 3.05) is 17.2 Å². The topological polar surface area (TPSA) is 78.5 Å². The molecular weight excluding hydrogens is 330 g/mol. The van der Waals surface area contributed by atoms with E-state index in [1.54, 1.807) is 38.1 Å². The van der Waals surface area contributed by atoms with E-state index < -0.39 is 5.41 Å². The van der Waals surface area contributed by atoms with Gasteiger partial charge in [0.15, 0.2) is 0 Å². The monoisotopic (exact) mass is 359 g/mol. The molecule has 142 valence electrons. The molecule has 26 heavy (non-hydrogen) atoms. The lowest BCUT2D eigenvalue weighted by molar-refractivity contribution is -0.149. The number of benzene rings is 1. The Labute approximate surface area is 155 Å². The van der Waals surface area contributed by atoms with Crippen molar-refractivity contribution in [3.05, 3.63) is 24.3 Å². The molecule has 1 atom stereocenters. The standard InChI is InChI=1S/C20H29N3O3/c1-5-17-11-6-7-12-23(17)19(26)20(3,4)18(25)22-16-10-8-9-15(13-16)21-14(2)24/h8-10,13,17H,5-7,11-12H2,1-4H3,(H,21,24)(H,22,25). The van der Waals surface area contributed by atoms with Crippen molar-refractivity contribution in [1.82, 2.24) is 4.90 Å². The zero-order chi connectivity index (χ0) is 19.3. The molecule has 0 aliphatic carbocycles. The van der Waals surface area contributed by atoms with Gasteiger partial charge in [0.05, 0.1) is 0 Å². The van der Waals surface area contributed by atoms with E-state index in [4.69, 9.17) is 0 Å². The lowest BCUT2D eigenvalue weighted by atomic mass is 9.87. The summed E-state index contributed by atoms with van der Waals surface area (Å²) >= 11 is 0. The van der Waals surface area contributed by atoms with Gasteiger partial charge in [0.25, 0.3) is 0 Å². The first kappa shape index (κ1) is 19.9. The molecule has 0 radical (unpaired) electrons. The fourth-order valence-corrected chi connectivity index (χ4v) is 3.31. The molecule has 2 N–H and O–H groups in total. The van der Waals surface area contributed by atoms with Crippen LogP contribution in [-0.4, -0.2) is 35.2 Å². The predicted octanol–water partition coefficient (Wildman–Crippen LogP) is 3.40. The molecule has 1 aromatic carbocycles. The van der Waals surface area contributed by atoms with Gasteiger partial charge in [-0.05, 0) is 57.7 Å². The Morgan fingerprint density at radius 3 is 2.42 bits per heavy atom. The highest BCUT2D eigenvalue weighted by Gasteiger charge is 2.41. The van der Waals surface area contributed by atoms with Gasteiger partial charge in [0.2, 0.25) is 17.7 Å². The fourth-order valence-electron chi connectivity index (χ4n) is 3.31. The summed E-state index contributed by atoms with van der Waals surface area (Å²) in [5, 5.41) is 5.49. The van der Waals surface area contributed by atoms with Gasteiger partial charge in [-0.3, -0.25) is 14.4 Å². The molecular formula is C20H29N3O3. The summed E-state index contributed by atoms with van der Waals surface area (Å²) in [6.07, 6.45) is 4.02. The second-order valence-corrected chi connectivity index (χ2v) is 7.40. The molecule has 2 rings (SSSR count). The van der Waals surface area contributed by atoms with Crippen molar-refractivity contribution in [3.8, 4) is 0 Å². The molecule has 1 saturated heterocycles. The highest BCUT2D eigenvalue weighted by molar-refractivity contribution is 6.10. The second kappa shape index (κ2) is 8.34. The van der Waals surface area contributed by atoms with Gasteiger partial charge in [-0.25, -0.2) is 0 Å². The molecule has 1 heterocycles. The Morgan fingerprint density at radius 2 is 1.81 bits per heavy atom. The summed E-state index contributed by atoms with van der Waals surface area (Å²) in [7, 11) is 0. The van der Waals surface area contributed by atoms with Crippen molar-refractivity contribution in [1.29, 1.82) is 0 Å². The van der Waals surface area contributed by atoms with Crippen molar-refractivity contribution in [2.24, 2.45) is 5.41 Å². The van der Waals surface area contributed by atoms with Crippen molar-refractivity contribution >= 4 is 29.1 Å². The summed E-state index contributed by atoms with van der Waals surface area (Å²) in [5.74, 6) is -0.651. The third kappa shape index (κ3) is 4.62. The molecule has 0 spiro atoms. The molecule has 1 fully saturated rings. The van der Waals surface area contributed by atoms with Gasteiger partial charge in [-0.1, -0.05) is 13.0 Å². The minimum absolute atomic E-state index is 0.125. The maximum absolute atomic E-state index is 13.0. The number of nitrogens with zero attached hydrogens (tertiary/aromatic N) is 1. The Morgan fingerprint density at radius 1 is 1.15 bits per heavy atom. The summed E-state index contributed by atoms with van der Waals surface area (Å²) in [4.78, 5) is 38.9. The van der Waals surface area contributed by atoms with Crippen LogP contribution < -0.4 is 10.6 Å². The maximum atomic E-state index is 13.0. The van der Waals surface area contributed by atoms with E-state index in [2.05, 4.69) is 17.6 Å². The SMILES string of the molecule is CCC1CCCCN1C(=O)C(C)(C)C(=O)Nc1cccc(NC(C)=O)c1. The van der Waals surface area contributed by atoms with Gasteiger partial charge in [-0.15, -0.1) is 0 Å². The minimum atomic E-state index is -1.16. The van der Waals surface area contributed by atoms with Crippen LogP contribution in [0.5, 0.6) is 0 Å². The van der Waals surface area contributed by atoms with E-state index >= 15 is 0 Å². The lowest BCUT2D eigenvalue weighted by Gasteiger charge is -2.39. The number of rotatable bonds is 5. The largest absolute Gasteiger partial charge is 0.339 e. The van der Waals surface area contributed by atoms with E-state index in [1.165, 1.54) is 6.92 Å². The van der Waals surface area contributed by atoms with Crippen molar-refractivity contribution < 1.29 is 14.4 Å². The van der Waals surface area contributed by atoms with Gasteiger partial charge in [0, 0.05) is 30.9 Å². The first-order chi connectivity index (χ1) is 12.3. The summed E-state index contributed by atoms with van der Waals surface area (Å²) in [5.41, 5.74) is -0.0104. The molecule has 3 amide bonds. The van der Waals surface area contributed by atoms with Crippen LogP contribution in [0.4, 0.5) is 11.4 Å². The van der Waals surface area contributed by atoms with Crippen LogP contribution in [0.15, 0.2) is 24.3 Å². The minimum Gasteiger partial charge on any atom is -0.339 e. The summed E-state index contributed by atoms with van der Waals surface area (Å²) < 4.78 is 0. The maximum Gasteiger partial charge on any atom is 0.239 e. The van der Waals surface area contributed by atoms with E-state index in [0.717, 1.165) is 25.7 Å². The molecule has 1 aromatic rings. The highest BCUT2D eigenvalue weighted by Crippen LogP contribution is 2.28. The molecule has 6 nitrogen and oxygen atoms in total. The van der Waals surface area contributed by atoms with Crippen LogP contribution in [0, 0.1) is 5.41 Å². The Balaban J connectivity index is 2.11. The second-order valence-electron chi connectivity index (χ2n) is 7.40. The van der Waals surface area contributed by atoms with Crippen LogP contribution in [0.1, 0.15) is 53.4 Å². The number of piperidine rings is 1. The summed E-state index contributed by atoms with van der Waals surface area (Å²) in [6.45, 7) is 7.56. The third-order valence-corrected chi connectivity index (χ3v) is 4.90. The van der Waals surface area contributed by atoms with Gasteiger partial charge >= 0.3 is 0 Å². The van der Waals surface area contributed by atoms with Crippen LogP contribution in [0.25, 0.3) is 0 Å². The van der Waals surface area contributed by atoms with E-state index in [1.807, 2.05) is 4.90 Å². The quantitative estimate of drug-likeness (QED) is 0.791. The average Bonchev–Trinajstić information content (AvgIpc) is 2.60. The number of hydrogen-bond donors (Lipinski definition) is 2. The molecule has 1 aliphatic heterocycles. The molecule has 0 saturated carbocycles. The predicted molar refractivity (Wildman–Crippen MR) is 103 cm³/mol. The van der Waals surface area contributed by atoms with Crippen LogP contribution >= 0.6 is 0 Å². The van der Waals surface area contributed by atoms with Crippen LogP contribution in [-0.2, 0) is 14.4 Å². The number of amides is 3. The molecule has 1 aliphatic rings. The Kier molecular flexibility index (Phi) is 6.40. The molecule has 0 aromatic heterocycles. The zero-order valence-electron chi connectivity index (χ0n) is 16.1. The average molecular weight is 359 g/mol. The number of carbonyl (C=O) groups is 3. The molecule has 1 unspecified atom stereocenters. The number of carbonyl (C=O) groups excluding carboxylic acids is 3. The Hall–Kier alpha value is -2.37. The third-order valence-electron chi connectivity index (χ3n) is 4.90. The number of anilines is 2. The highest BCUT2D eigenvalue weighted by atomic mass is 16.2. The first-order valence-electron chi connectivity index (χ1n) is 9.26. The number of hydrogen-bond acceptors (Lipinski definition) is 3. The van der Waals surface area contributed by atoms with Gasteiger partial charge in [-0.2, -0.15) is 0 Å². The van der Waals surface area contributed by atoms with Crippen LogP contribution in [0.2, 0.25) is 0 Å². The van der Waals surface area contributed by atoms with Crippen molar-refractivity contribution in [2.45, 2.75) is 59.4 Å². The molecule has 6 heteroatoms. The Bertz CT molecular complexity index is 685. The van der Waals surface area contributed by atoms with E-state index in [0.29, 0.717) is 17.9 Å². The lowest BCUT2D eigenvalue weighted by Crippen LogP contribution is -2.52. The zero-order valence-corrected chi connectivity index (χ0v) is 16.1. The number of nitrogens with one attached hydrogen (secondary N) is 2. The van der Waals surface area contributed by atoms with E-state index in [9.17, 15) is 14.4 Å². The first-order valence-corrected chi connectivity index (χ1v) is 9.26. The molecule has 0 bridgehead atoms. The normalized spacial score (nSPS) is 17.5.